The normalized spacial score (nSPS) is 13.7. The molecule has 5 heteroatoms. The van der Waals surface area contributed by atoms with E-state index in [-0.39, 0.29) is 12.0 Å². The Morgan fingerprint density at radius 1 is 1.56 bits per heavy atom. The number of hydrogen-bond donors (Lipinski definition) is 0. The lowest BCUT2D eigenvalue weighted by Crippen LogP contribution is -2.40. The smallest absolute Gasteiger partial charge is 0.323 e. The van der Waals surface area contributed by atoms with Crippen LogP contribution in [0.4, 0.5) is 0 Å². The molecule has 18 heavy (non-hydrogen) atoms. The van der Waals surface area contributed by atoms with Gasteiger partial charge in [-0.25, -0.2) is 4.98 Å². The number of hydrogen-bond acceptors (Lipinski definition) is 5. The summed E-state index contributed by atoms with van der Waals surface area (Å²) < 4.78 is 5.38. The molecule has 1 aromatic heterocycles. The third-order valence-corrected chi connectivity index (χ3v) is 3.57. The zero-order valence-corrected chi connectivity index (χ0v) is 12.8. The highest BCUT2D eigenvalue weighted by Crippen LogP contribution is 2.17. The van der Waals surface area contributed by atoms with E-state index < -0.39 is 5.60 Å². The van der Waals surface area contributed by atoms with Crippen molar-refractivity contribution in [1.29, 1.82) is 0 Å². The number of carbonyl (C=O) groups excluding carboxylic acids is 1. The Labute approximate surface area is 113 Å². The van der Waals surface area contributed by atoms with Gasteiger partial charge >= 0.3 is 5.97 Å². The van der Waals surface area contributed by atoms with Gasteiger partial charge in [0.1, 0.15) is 11.6 Å². The van der Waals surface area contributed by atoms with Crippen LogP contribution in [0.15, 0.2) is 5.51 Å². The molecule has 0 aliphatic rings. The lowest BCUT2D eigenvalue weighted by molar-refractivity contribution is -0.160. The van der Waals surface area contributed by atoms with Gasteiger partial charge in [-0.2, -0.15) is 0 Å². The number of ether oxygens (including phenoxy) is 1. The number of nitrogens with zero attached hydrogens (tertiary/aromatic N) is 2. The van der Waals surface area contributed by atoms with Crippen LogP contribution in [0.3, 0.4) is 0 Å². The Kier molecular flexibility index (Phi) is 4.87. The van der Waals surface area contributed by atoms with Crippen molar-refractivity contribution in [2.24, 2.45) is 0 Å². The maximum absolute atomic E-state index is 11.9. The lowest BCUT2D eigenvalue weighted by Gasteiger charge is -2.27. The molecule has 1 heterocycles. The summed E-state index contributed by atoms with van der Waals surface area (Å²) in [4.78, 5) is 19.3. The fourth-order valence-corrected chi connectivity index (χ4v) is 2.25. The van der Waals surface area contributed by atoms with E-state index in [9.17, 15) is 4.79 Å². The highest BCUT2D eigenvalue weighted by molar-refractivity contribution is 7.09. The van der Waals surface area contributed by atoms with Gasteiger partial charge in [0.25, 0.3) is 0 Å². The summed E-state index contributed by atoms with van der Waals surface area (Å²) in [5.74, 6) is -0.188. The standard InChI is InChI=1S/C13H22N2O2S/c1-9-11(18-8-14-9)7-15(6)10(2)12(16)17-13(3,4)5/h8,10H,7H2,1-6H3. The molecule has 1 rings (SSSR count). The van der Waals surface area contributed by atoms with E-state index in [1.807, 2.05) is 52.1 Å². The van der Waals surface area contributed by atoms with Gasteiger partial charge in [0, 0.05) is 11.4 Å². The number of aryl methyl sites for hydroxylation is 1. The van der Waals surface area contributed by atoms with Crippen LogP contribution in [0.1, 0.15) is 38.3 Å². The van der Waals surface area contributed by atoms with Crippen molar-refractivity contribution in [3.63, 3.8) is 0 Å². The first-order valence-electron chi connectivity index (χ1n) is 6.03. The lowest BCUT2D eigenvalue weighted by atomic mass is 10.2. The van der Waals surface area contributed by atoms with Crippen LogP contribution in [0.5, 0.6) is 0 Å². The Bertz CT molecular complexity index is 409. The molecule has 1 aromatic rings. The number of carbonyl (C=O) groups is 1. The third kappa shape index (κ3) is 4.38. The quantitative estimate of drug-likeness (QED) is 0.789. The SMILES string of the molecule is Cc1ncsc1CN(C)C(C)C(=O)OC(C)(C)C. The number of likely N-dealkylation sites (N-methyl/N-ethyl adjacent to an activating group) is 1. The van der Waals surface area contributed by atoms with Crippen LogP contribution in [-0.4, -0.2) is 34.5 Å². The zero-order valence-electron chi connectivity index (χ0n) is 12.0. The van der Waals surface area contributed by atoms with E-state index in [1.54, 1.807) is 11.3 Å². The maximum atomic E-state index is 11.9. The van der Waals surface area contributed by atoms with Crippen molar-refractivity contribution in [3.8, 4) is 0 Å². The van der Waals surface area contributed by atoms with Gasteiger partial charge in [0.05, 0.1) is 11.2 Å². The molecular weight excluding hydrogens is 248 g/mol. The van der Waals surface area contributed by atoms with Crippen LogP contribution in [0, 0.1) is 6.92 Å². The van der Waals surface area contributed by atoms with Gasteiger partial charge in [-0.3, -0.25) is 9.69 Å². The van der Waals surface area contributed by atoms with E-state index in [0.717, 1.165) is 12.2 Å². The second-order valence-corrected chi connectivity index (χ2v) is 6.42. The first-order chi connectivity index (χ1) is 8.20. The van der Waals surface area contributed by atoms with Crippen molar-refractivity contribution in [2.75, 3.05) is 7.05 Å². The van der Waals surface area contributed by atoms with Gasteiger partial charge in [-0.15, -0.1) is 11.3 Å². The van der Waals surface area contributed by atoms with E-state index in [1.165, 1.54) is 4.88 Å². The second-order valence-electron chi connectivity index (χ2n) is 5.49. The molecule has 102 valence electrons. The number of thiazole rings is 1. The van der Waals surface area contributed by atoms with Crippen molar-refractivity contribution in [3.05, 3.63) is 16.1 Å². The van der Waals surface area contributed by atoms with E-state index in [2.05, 4.69) is 4.98 Å². The molecule has 0 spiro atoms. The van der Waals surface area contributed by atoms with Crippen molar-refractivity contribution in [2.45, 2.75) is 52.8 Å². The first-order valence-corrected chi connectivity index (χ1v) is 6.90. The number of rotatable bonds is 4. The monoisotopic (exact) mass is 270 g/mol. The van der Waals surface area contributed by atoms with E-state index in [0.29, 0.717) is 0 Å². The summed E-state index contributed by atoms with van der Waals surface area (Å²) >= 11 is 1.62. The summed E-state index contributed by atoms with van der Waals surface area (Å²) in [6.07, 6.45) is 0. The van der Waals surface area contributed by atoms with E-state index in [4.69, 9.17) is 4.74 Å². The summed E-state index contributed by atoms with van der Waals surface area (Å²) in [5, 5.41) is 0. The molecule has 1 unspecified atom stereocenters. The predicted octanol–water partition coefficient (Wildman–Crippen LogP) is 2.61. The molecule has 0 aliphatic heterocycles. The number of esters is 1. The average molecular weight is 270 g/mol. The summed E-state index contributed by atoms with van der Waals surface area (Å²) in [7, 11) is 1.92. The molecule has 1 atom stereocenters. The van der Waals surface area contributed by atoms with Crippen molar-refractivity contribution in [1.82, 2.24) is 9.88 Å². The topological polar surface area (TPSA) is 42.4 Å². The molecule has 0 saturated heterocycles. The molecule has 0 amide bonds. The van der Waals surface area contributed by atoms with Crippen molar-refractivity contribution < 1.29 is 9.53 Å². The molecule has 0 aliphatic carbocycles. The summed E-state index contributed by atoms with van der Waals surface area (Å²) in [6, 6.07) is -0.259. The molecule has 0 fully saturated rings. The Morgan fingerprint density at radius 2 is 2.17 bits per heavy atom. The minimum Gasteiger partial charge on any atom is -0.459 e. The Morgan fingerprint density at radius 3 is 2.61 bits per heavy atom. The van der Waals surface area contributed by atoms with Gasteiger partial charge in [-0.05, 0) is 41.7 Å². The molecule has 0 radical (unpaired) electrons. The molecule has 4 nitrogen and oxygen atoms in total. The molecule has 0 N–H and O–H groups in total. The zero-order chi connectivity index (χ0) is 13.9. The van der Waals surface area contributed by atoms with Gasteiger partial charge in [-0.1, -0.05) is 0 Å². The molecule has 0 aromatic carbocycles. The van der Waals surface area contributed by atoms with Crippen LogP contribution in [-0.2, 0) is 16.1 Å². The second kappa shape index (κ2) is 5.80. The Hall–Kier alpha value is -0.940. The van der Waals surface area contributed by atoms with Crippen LogP contribution in [0.25, 0.3) is 0 Å². The Balaban J connectivity index is 2.59. The summed E-state index contributed by atoms with van der Waals surface area (Å²) in [5.41, 5.74) is 2.42. The minimum absolute atomic E-state index is 0.188. The largest absolute Gasteiger partial charge is 0.459 e. The van der Waals surface area contributed by atoms with Gasteiger partial charge in [0.2, 0.25) is 0 Å². The first kappa shape index (κ1) is 15.1. The van der Waals surface area contributed by atoms with Gasteiger partial charge < -0.3 is 4.74 Å². The maximum Gasteiger partial charge on any atom is 0.323 e. The van der Waals surface area contributed by atoms with E-state index >= 15 is 0 Å². The van der Waals surface area contributed by atoms with Crippen LogP contribution >= 0.6 is 11.3 Å². The molecule has 0 bridgehead atoms. The fourth-order valence-electron chi connectivity index (χ4n) is 1.41. The third-order valence-electron chi connectivity index (χ3n) is 2.65. The predicted molar refractivity (Wildman–Crippen MR) is 73.6 cm³/mol. The van der Waals surface area contributed by atoms with Crippen molar-refractivity contribution >= 4 is 17.3 Å². The molecular formula is C13H22N2O2S. The fraction of sp³-hybridized carbons (Fsp3) is 0.692. The summed E-state index contributed by atoms with van der Waals surface area (Å²) in [6.45, 7) is 10.2. The average Bonchev–Trinajstić information content (AvgIpc) is 2.60. The number of aromatic nitrogens is 1. The highest BCUT2D eigenvalue weighted by Gasteiger charge is 2.25. The van der Waals surface area contributed by atoms with Crippen LogP contribution < -0.4 is 0 Å². The minimum atomic E-state index is -0.438. The molecule has 0 saturated carbocycles. The van der Waals surface area contributed by atoms with Crippen LogP contribution in [0.2, 0.25) is 0 Å². The highest BCUT2D eigenvalue weighted by atomic mass is 32.1. The van der Waals surface area contributed by atoms with Gasteiger partial charge in [0.15, 0.2) is 0 Å².